The SMILES string of the molecule is COc1ccc(S(N)(=O)=O)cc1C(=O)NC[C@H](c1cccs1)N1CCC(C)CC1. The van der Waals surface area contributed by atoms with Gasteiger partial charge < -0.3 is 10.1 Å². The van der Waals surface area contributed by atoms with Crippen molar-refractivity contribution in [2.45, 2.75) is 30.7 Å². The Balaban J connectivity index is 1.78. The Labute approximate surface area is 175 Å². The third-order valence-electron chi connectivity index (χ3n) is 5.33. The lowest BCUT2D eigenvalue weighted by Crippen LogP contribution is -2.41. The molecule has 1 aromatic carbocycles. The molecule has 29 heavy (non-hydrogen) atoms. The van der Waals surface area contributed by atoms with Gasteiger partial charge in [-0.3, -0.25) is 9.69 Å². The molecule has 1 fully saturated rings. The highest BCUT2D eigenvalue weighted by molar-refractivity contribution is 7.89. The number of amides is 1. The van der Waals surface area contributed by atoms with Gasteiger partial charge in [0, 0.05) is 11.4 Å². The van der Waals surface area contributed by atoms with Crippen molar-refractivity contribution < 1.29 is 17.9 Å². The molecular weight excluding hydrogens is 410 g/mol. The average Bonchev–Trinajstić information content (AvgIpc) is 3.22. The molecule has 1 amide bonds. The first-order valence-corrected chi connectivity index (χ1v) is 12.0. The molecule has 0 radical (unpaired) electrons. The fourth-order valence-corrected chi connectivity index (χ4v) is 4.96. The second-order valence-corrected chi connectivity index (χ2v) is 9.91. The van der Waals surface area contributed by atoms with E-state index in [1.54, 1.807) is 11.3 Å². The fourth-order valence-electron chi connectivity index (χ4n) is 3.56. The number of nitrogens with two attached hydrogens (primary N) is 1. The summed E-state index contributed by atoms with van der Waals surface area (Å²) in [5, 5.41) is 10.2. The van der Waals surface area contributed by atoms with Crippen LogP contribution in [0, 0.1) is 5.92 Å². The first-order valence-electron chi connectivity index (χ1n) is 9.56. The number of primary sulfonamides is 1. The van der Waals surface area contributed by atoms with Crippen LogP contribution in [0.15, 0.2) is 40.6 Å². The molecule has 1 aliphatic heterocycles. The number of thiophene rings is 1. The minimum atomic E-state index is -3.92. The number of piperidine rings is 1. The van der Waals surface area contributed by atoms with E-state index in [0.717, 1.165) is 31.8 Å². The Kier molecular flexibility index (Phi) is 6.94. The number of ether oxygens (including phenoxy) is 1. The fraction of sp³-hybridized carbons (Fsp3) is 0.450. The largest absolute Gasteiger partial charge is 0.496 e. The van der Waals surface area contributed by atoms with Crippen LogP contribution in [0.1, 0.15) is 41.0 Å². The lowest BCUT2D eigenvalue weighted by molar-refractivity contribution is 0.0912. The van der Waals surface area contributed by atoms with E-state index < -0.39 is 10.0 Å². The molecule has 0 bridgehead atoms. The Morgan fingerprint density at radius 1 is 1.34 bits per heavy atom. The Hall–Kier alpha value is -1.94. The van der Waals surface area contributed by atoms with Crippen LogP contribution in [0.4, 0.5) is 0 Å². The van der Waals surface area contributed by atoms with E-state index in [4.69, 9.17) is 9.88 Å². The maximum atomic E-state index is 12.9. The van der Waals surface area contributed by atoms with Gasteiger partial charge in [0.15, 0.2) is 0 Å². The van der Waals surface area contributed by atoms with Gasteiger partial charge in [0.25, 0.3) is 5.91 Å². The van der Waals surface area contributed by atoms with Crippen LogP contribution >= 0.6 is 11.3 Å². The second-order valence-electron chi connectivity index (χ2n) is 7.37. The second kappa shape index (κ2) is 9.25. The van der Waals surface area contributed by atoms with E-state index in [2.05, 4.69) is 23.2 Å². The average molecular weight is 438 g/mol. The molecule has 7 nitrogen and oxygen atoms in total. The lowest BCUT2D eigenvalue weighted by Gasteiger charge is -2.36. The zero-order valence-electron chi connectivity index (χ0n) is 16.6. The topological polar surface area (TPSA) is 102 Å². The molecule has 3 N–H and O–H groups in total. The summed E-state index contributed by atoms with van der Waals surface area (Å²) < 4.78 is 28.6. The van der Waals surface area contributed by atoms with E-state index >= 15 is 0 Å². The number of methoxy groups -OCH3 is 1. The summed E-state index contributed by atoms with van der Waals surface area (Å²) in [6, 6.07) is 8.21. The molecule has 1 atom stereocenters. The molecule has 1 aliphatic rings. The maximum Gasteiger partial charge on any atom is 0.255 e. The Bertz CT molecular complexity index is 937. The first-order chi connectivity index (χ1) is 13.8. The molecular formula is C20H27N3O4S2. The number of hydrogen-bond acceptors (Lipinski definition) is 6. The Morgan fingerprint density at radius 3 is 2.66 bits per heavy atom. The predicted molar refractivity (Wildman–Crippen MR) is 114 cm³/mol. The number of sulfonamides is 1. The normalized spacial score (nSPS) is 17.1. The summed E-state index contributed by atoms with van der Waals surface area (Å²) in [6.07, 6.45) is 2.28. The van der Waals surface area contributed by atoms with Gasteiger partial charge in [-0.05, 0) is 61.5 Å². The highest BCUT2D eigenvalue weighted by Crippen LogP contribution is 2.29. The van der Waals surface area contributed by atoms with Crippen LogP contribution in [0.2, 0.25) is 0 Å². The summed E-state index contributed by atoms with van der Waals surface area (Å²) >= 11 is 1.67. The van der Waals surface area contributed by atoms with Crippen molar-refractivity contribution in [1.29, 1.82) is 0 Å². The molecule has 0 aliphatic carbocycles. The number of likely N-dealkylation sites (tertiary alicyclic amines) is 1. The number of carbonyl (C=O) groups excluding carboxylic acids is 1. The van der Waals surface area contributed by atoms with Crippen molar-refractivity contribution in [2.75, 3.05) is 26.7 Å². The minimum Gasteiger partial charge on any atom is -0.496 e. The smallest absolute Gasteiger partial charge is 0.255 e. The van der Waals surface area contributed by atoms with Gasteiger partial charge in [-0.1, -0.05) is 13.0 Å². The van der Waals surface area contributed by atoms with Gasteiger partial charge in [0.1, 0.15) is 5.75 Å². The molecule has 2 aromatic rings. The van der Waals surface area contributed by atoms with Gasteiger partial charge in [-0.2, -0.15) is 0 Å². The number of nitrogens with zero attached hydrogens (tertiary/aromatic N) is 1. The van der Waals surface area contributed by atoms with Gasteiger partial charge in [-0.25, -0.2) is 13.6 Å². The van der Waals surface area contributed by atoms with E-state index in [1.807, 2.05) is 11.4 Å². The summed E-state index contributed by atoms with van der Waals surface area (Å²) in [6.45, 7) is 4.67. The molecule has 0 spiro atoms. The number of carbonyl (C=O) groups is 1. The summed E-state index contributed by atoms with van der Waals surface area (Å²) in [7, 11) is -2.48. The van der Waals surface area contributed by atoms with Crippen molar-refractivity contribution in [3.63, 3.8) is 0 Å². The molecule has 3 rings (SSSR count). The van der Waals surface area contributed by atoms with E-state index in [1.165, 1.54) is 30.2 Å². The van der Waals surface area contributed by atoms with Gasteiger partial charge in [-0.15, -0.1) is 11.3 Å². The Morgan fingerprint density at radius 2 is 2.07 bits per heavy atom. The van der Waals surface area contributed by atoms with Crippen LogP contribution in [-0.4, -0.2) is 46.0 Å². The highest BCUT2D eigenvalue weighted by Gasteiger charge is 2.26. The van der Waals surface area contributed by atoms with Crippen LogP contribution in [0.5, 0.6) is 5.75 Å². The minimum absolute atomic E-state index is 0.0823. The van der Waals surface area contributed by atoms with Crippen LogP contribution in [-0.2, 0) is 10.0 Å². The van der Waals surface area contributed by atoms with Crippen LogP contribution in [0.3, 0.4) is 0 Å². The maximum absolute atomic E-state index is 12.9. The quantitative estimate of drug-likeness (QED) is 0.693. The van der Waals surface area contributed by atoms with Crippen molar-refractivity contribution in [1.82, 2.24) is 10.2 Å². The van der Waals surface area contributed by atoms with Crippen molar-refractivity contribution in [2.24, 2.45) is 11.1 Å². The molecule has 1 saturated heterocycles. The van der Waals surface area contributed by atoms with Crippen molar-refractivity contribution >= 4 is 27.3 Å². The van der Waals surface area contributed by atoms with Gasteiger partial charge >= 0.3 is 0 Å². The lowest BCUT2D eigenvalue weighted by atomic mass is 9.97. The van der Waals surface area contributed by atoms with E-state index in [-0.39, 0.29) is 22.4 Å². The number of hydrogen-bond donors (Lipinski definition) is 2. The zero-order valence-corrected chi connectivity index (χ0v) is 18.3. The van der Waals surface area contributed by atoms with E-state index in [0.29, 0.717) is 12.3 Å². The summed E-state index contributed by atoms with van der Waals surface area (Å²) in [4.78, 5) is 16.4. The zero-order chi connectivity index (χ0) is 21.0. The third kappa shape index (κ3) is 5.36. The predicted octanol–water partition coefficient (Wildman–Crippen LogP) is 2.61. The first kappa shape index (κ1) is 21.8. The highest BCUT2D eigenvalue weighted by atomic mass is 32.2. The third-order valence-corrected chi connectivity index (χ3v) is 7.22. The monoisotopic (exact) mass is 437 g/mol. The molecule has 2 heterocycles. The molecule has 9 heteroatoms. The summed E-state index contributed by atoms with van der Waals surface area (Å²) in [5.41, 5.74) is 0.149. The summed E-state index contributed by atoms with van der Waals surface area (Å²) in [5.74, 6) is 0.628. The molecule has 0 saturated carbocycles. The molecule has 1 aromatic heterocycles. The van der Waals surface area contributed by atoms with Gasteiger partial charge in [0.2, 0.25) is 10.0 Å². The van der Waals surface area contributed by atoms with Crippen LogP contribution in [0.25, 0.3) is 0 Å². The van der Waals surface area contributed by atoms with Gasteiger partial charge in [0.05, 0.1) is 23.6 Å². The van der Waals surface area contributed by atoms with Crippen LogP contribution < -0.4 is 15.2 Å². The molecule has 158 valence electrons. The van der Waals surface area contributed by atoms with Crippen molar-refractivity contribution in [3.05, 3.63) is 46.2 Å². The molecule has 0 unspecified atom stereocenters. The number of rotatable bonds is 7. The van der Waals surface area contributed by atoms with Crippen molar-refractivity contribution in [3.8, 4) is 5.75 Å². The standard InChI is InChI=1S/C20H27N3O4S2/c1-14-7-9-23(10-8-14)17(19-4-3-11-28-19)13-22-20(24)16-12-15(29(21,25)26)5-6-18(16)27-2/h3-6,11-12,14,17H,7-10,13H2,1-2H3,(H,22,24)(H2,21,25,26)/t17-/m1/s1. The van der Waals surface area contributed by atoms with E-state index in [9.17, 15) is 13.2 Å². The number of benzene rings is 1. The number of nitrogens with one attached hydrogen (secondary N) is 1.